The van der Waals surface area contributed by atoms with Gasteiger partial charge in [0.2, 0.25) is 5.91 Å². The van der Waals surface area contributed by atoms with Gasteiger partial charge < -0.3 is 4.90 Å². The Hall–Kier alpha value is -1.08. The van der Waals surface area contributed by atoms with E-state index in [1.54, 1.807) is 0 Å². The number of hydrogen-bond donors (Lipinski definition) is 1. The molecule has 30 heavy (non-hydrogen) atoms. The Balaban J connectivity index is 1.45. The molecule has 0 spiro atoms. The Morgan fingerprint density at radius 2 is 1.67 bits per heavy atom. The second-order valence-corrected chi connectivity index (χ2v) is 9.95. The monoisotopic (exact) mass is 427 g/mol. The number of amides is 1. The summed E-state index contributed by atoms with van der Waals surface area (Å²) in [7, 11) is 0. The van der Waals surface area contributed by atoms with Crippen molar-refractivity contribution in [3.63, 3.8) is 0 Å². The van der Waals surface area contributed by atoms with Gasteiger partial charge in [-0.15, -0.1) is 0 Å². The van der Waals surface area contributed by atoms with Crippen LogP contribution in [0.25, 0.3) is 0 Å². The van der Waals surface area contributed by atoms with Crippen molar-refractivity contribution >= 4 is 5.91 Å². The molecule has 2 heterocycles. The molecule has 2 aliphatic heterocycles. The zero-order chi connectivity index (χ0) is 21.3. The number of likely N-dealkylation sites (tertiary alicyclic amines) is 1. The van der Waals surface area contributed by atoms with Gasteiger partial charge in [0.05, 0.1) is 0 Å². The third-order valence-electron chi connectivity index (χ3n) is 8.45. The van der Waals surface area contributed by atoms with Crippen LogP contribution in [0.4, 0.5) is 13.2 Å². The number of carbonyl (C=O) groups is 1. The number of hydrazine groups is 1. The summed E-state index contributed by atoms with van der Waals surface area (Å²) in [6.45, 7) is 3.05. The lowest BCUT2D eigenvalue weighted by Gasteiger charge is -2.45. The van der Waals surface area contributed by atoms with Crippen LogP contribution < -0.4 is 5.43 Å². The van der Waals surface area contributed by atoms with Crippen LogP contribution in [0.2, 0.25) is 0 Å². The molecule has 7 heteroatoms. The number of carbonyl (C=O) groups excluding carboxylic acids is 1. The quantitative estimate of drug-likeness (QED) is 0.522. The molecule has 0 aromatic heterocycles. The highest BCUT2D eigenvalue weighted by Crippen LogP contribution is 2.48. The summed E-state index contributed by atoms with van der Waals surface area (Å²) in [5, 5.41) is 1.09. The van der Waals surface area contributed by atoms with Crippen LogP contribution in [0.3, 0.4) is 0 Å². The molecule has 4 aliphatic rings. The Morgan fingerprint density at radius 3 is 2.33 bits per heavy atom. The number of alkyl halides is 3. The average molecular weight is 428 g/mol. The molecule has 0 aromatic rings. The molecule has 5 atom stereocenters. The van der Waals surface area contributed by atoms with Crippen LogP contribution >= 0.6 is 0 Å². The predicted molar refractivity (Wildman–Crippen MR) is 110 cm³/mol. The van der Waals surface area contributed by atoms with Gasteiger partial charge in [-0.1, -0.05) is 6.58 Å². The molecule has 1 N–H and O–H groups in total. The summed E-state index contributed by atoms with van der Waals surface area (Å²) in [4.78, 5) is 13.9. The molecule has 4 rings (SSSR count). The van der Waals surface area contributed by atoms with Crippen LogP contribution in [-0.2, 0) is 4.79 Å². The summed E-state index contributed by atoms with van der Waals surface area (Å²) < 4.78 is 40.1. The van der Waals surface area contributed by atoms with E-state index in [0.717, 1.165) is 63.0 Å². The van der Waals surface area contributed by atoms with Gasteiger partial charge in [-0.2, -0.15) is 13.8 Å². The molecule has 0 aromatic carbocycles. The van der Waals surface area contributed by atoms with Crippen molar-refractivity contribution in [2.24, 2.45) is 29.6 Å². The van der Waals surface area contributed by atoms with Crippen molar-refractivity contribution in [3.05, 3.63) is 12.7 Å². The highest BCUT2D eigenvalue weighted by atomic mass is 19.3. The molecule has 2 saturated carbocycles. The molecule has 170 valence electrons. The van der Waals surface area contributed by atoms with Crippen LogP contribution in [0.15, 0.2) is 12.7 Å². The highest BCUT2D eigenvalue weighted by Gasteiger charge is 2.45. The highest BCUT2D eigenvalue weighted by molar-refractivity contribution is 5.87. The topological polar surface area (TPSA) is 35.6 Å². The number of nitrogens with zero attached hydrogens (tertiary/aromatic N) is 2. The third kappa shape index (κ3) is 4.72. The summed E-state index contributed by atoms with van der Waals surface area (Å²) in [6, 6.07) is 0.0773. The molecule has 4 fully saturated rings. The molecular formula is C23H36F3N3O. The smallest absolute Gasteiger partial charge is 0.306 e. The van der Waals surface area contributed by atoms with Gasteiger partial charge >= 0.3 is 6.55 Å². The fraction of sp³-hybridized carbons (Fsp3) is 0.870. The Labute approximate surface area is 178 Å². The van der Waals surface area contributed by atoms with E-state index in [1.807, 2.05) is 4.90 Å². The molecule has 2 aliphatic carbocycles. The van der Waals surface area contributed by atoms with Crippen molar-refractivity contribution in [1.29, 1.82) is 0 Å². The Morgan fingerprint density at radius 1 is 0.933 bits per heavy atom. The summed E-state index contributed by atoms with van der Waals surface area (Å²) in [6.07, 6.45) is 9.07. The van der Waals surface area contributed by atoms with Crippen molar-refractivity contribution in [1.82, 2.24) is 15.3 Å². The first-order valence-electron chi connectivity index (χ1n) is 11.8. The third-order valence-corrected chi connectivity index (χ3v) is 8.45. The van der Waals surface area contributed by atoms with Crippen molar-refractivity contribution in [2.45, 2.75) is 76.6 Å². The van der Waals surface area contributed by atoms with Crippen LogP contribution in [-0.4, -0.2) is 54.2 Å². The Bertz CT molecular complexity index is 611. The minimum atomic E-state index is -2.47. The largest absolute Gasteiger partial charge is 0.339 e. The fourth-order valence-electron chi connectivity index (χ4n) is 6.84. The summed E-state index contributed by atoms with van der Waals surface area (Å²) in [5.74, 6) is 2.39. The summed E-state index contributed by atoms with van der Waals surface area (Å²) >= 11 is 0. The van der Waals surface area contributed by atoms with Crippen molar-refractivity contribution in [2.75, 3.05) is 19.6 Å². The number of nitrogens with one attached hydrogen (secondary N) is 1. The maximum absolute atomic E-state index is 13.6. The van der Waals surface area contributed by atoms with E-state index < -0.39 is 12.7 Å². The average Bonchev–Trinajstić information content (AvgIpc) is 3.43. The lowest BCUT2D eigenvalue weighted by Crippen LogP contribution is -2.47. The van der Waals surface area contributed by atoms with Gasteiger partial charge in [-0.25, -0.2) is 9.82 Å². The van der Waals surface area contributed by atoms with Crippen LogP contribution in [0.5, 0.6) is 0 Å². The maximum Gasteiger partial charge on any atom is 0.306 e. The van der Waals surface area contributed by atoms with E-state index in [9.17, 15) is 18.0 Å². The first-order valence-corrected chi connectivity index (χ1v) is 11.8. The maximum atomic E-state index is 13.6. The lowest BCUT2D eigenvalue weighted by atomic mass is 9.62. The number of rotatable bonds is 5. The molecule has 4 nitrogen and oxygen atoms in total. The van der Waals surface area contributed by atoms with E-state index in [-0.39, 0.29) is 11.9 Å². The minimum Gasteiger partial charge on any atom is -0.339 e. The standard InChI is InChI=1S/C23H36F3N3O/c1-2-22(30)28-11-9-17(14-28)19-8-5-16(15-3-6-18(24)7-4-15)13-20(19)21-10-12-29(27-21)23(25)26/h2,15-21,23,27H,1,3-14H2. The van der Waals surface area contributed by atoms with E-state index in [4.69, 9.17) is 0 Å². The van der Waals surface area contributed by atoms with E-state index >= 15 is 0 Å². The van der Waals surface area contributed by atoms with Crippen molar-refractivity contribution in [3.8, 4) is 0 Å². The van der Waals surface area contributed by atoms with E-state index in [1.165, 1.54) is 6.08 Å². The molecule has 1 amide bonds. The molecule has 0 bridgehead atoms. The first kappa shape index (κ1) is 22.1. The van der Waals surface area contributed by atoms with Gasteiger partial charge in [0.15, 0.2) is 0 Å². The van der Waals surface area contributed by atoms with Gasteiger partial charge in [0.25, 0.3) is 0 Å². The van der Waals surface area contributed by atoms with Gasteiger partial charge in [-0.05, 0) is 93.5 Å². The minimum absolute atomic E-state index is 0.00594. The van der Waals surface area contributed by atoms with E-state index in [0.29, 0.717) is 49.0 Å². The molecule has 5 unspecified atom stereocenters. The molecule has 2 saturated heterocycles. The molecular weight excluding hydrogens is 391 g/mol. The van der Waals surface area contributed by atoms with Crippen molar-refractivity contribution < 1.29 is 18.0 Å². The second-order valence-electron chi connectivity index (χ2n) is 9.95. The zero-order valence-electron chi connectivity index (χ0n) is 17.8. The predicted octanol–water partition coefficient (Wildman–Crippen LogP) is 4.38. The second kappa shape index (κ2) is 9.60. The normalized spacial score (nSPS) is 40.8. The number of hydrogen-bond acceptors (Lipinski definition) is 3. The summed E-state index contributed by atoms with van der Waals surface area (Å²) in [5.41, 5.74) is 3.12. The number of halogens is 3. The zero-order valence-corrected chi connectivity index (χ0v) is 17.8. The molecule has 0 radical (unpaired) electrons. The fourth-order valence-corrected chi connectivity index (χ4v) is 6.84. The SMILES string of the molecule is C=CC(=O)N1CCC(C2CCC(C3CCC(F)CC3)CC2C2CCN(C(F)F)N2)C1. The van der Waals surface area contributed by atoms with Gasteiger partial charge in [0.1, 0.15) is 6.17 Å². The Kier molecular flexibility index (Phi) is 7.08. The van der Waals surface area contributed by atoms with Crippen LogP contribution in [0.1, 0.15) is 57.8 Å². The van der Waals surface area contributed by atoms with Gasteiger partial charge in [-0.3, -0.25) is 4.79 Å². The van der Waals surface area contributed by atoms with Gasteiger partial charge in [0, 0.05) is 25.7 Å². The van der Waals surface area contributed by atoms with E-state index in [2.05, 4.69) is 12.0 Å². The first-order chi connectivity index (χ1) is 14.5. The van der Waals surface area contributed by atoms with Crippen LogP contribution in [0, 0.1) is 29.6 Å². The lowest BCUT2D eigenvalue weighted by molar-refractivity contribution is -0.125.